The van der Waals surface area contributed by atoms with Crippen molar-refractivity contribution in [1.82, 2.24) is 19.9 Å². The molecule has 0 aliphatic carbocycles. The van der Waals surface area contributed by atoms with Crippen molar-refractivity contribution < 1.29 is 9.47 Å². The van der Waals surface area contributed by atoms with Gasteiger partial charge in [0.25, 0.3) is 0 Å². The van der Waals surface area contributed by atoms with Gasteiger partial charge in [0.2, 0.25) is 0 Å². The molecule has 1 aromatic heterocycles. The van der Waals surface area contributed by atoms with Crippen LogP contribution in [-0.2, 0) is 17.8 Å². The normalized spacial score (nSPS) is 17.3. The second-order valence-electron chi connectivity index (χ2n) is 6.81. The second-order valence-corrected chi connectivity index (χ2v) is 6.81. The molecule has 6 nitrogen and oxygen atoms in total. The van der Waals surface area contributed by atoms with Crippen LogP contribution in [0.5, 0.6) is 5.75 Å². The van der Waals surface area contributed by atoms with Crippen LogP contribution < -0.4 is 4.74 Å². The molecule has 2 heterocycles. The van der Waals surface area contributed by atoms with Gasteiger partial charge in [-0.3, -0.25) is 4.90 Å². The zero-order chi connectivity index (χ0) is 18.6. The number of rotatable bonds is 6. The van der Waals surface area contributed by atoms with E-state index >= 15 is 0 Å². The lowest BCUT2D eigenvalue weighted by atomic mass is 10.1. The first-order chi connectivity index (χ1) is 13.2. The maximum atomic E-state index is 5.94. The number of ether oxygens (including phenoxy) is 2. The standard InChI is InChI=1S/C21H24N4O2/c1-16-5-3-4-6-18(16)14-25-15-20(22-23-25)21-24(11-12-27-21)13-17-7-9-19(26-2)10-8-17/h3-10,15,21H,11-14H2,1-2H3/t21-/m1/s1. The Kier molecular flexibility index (Phi) is 5.18. The first-order valence-corrected chi connectivity index (χ1v) is 9.16. The van der Waals surface area contributed by atoms with Gasteiger partial charge >= 0.3 is 0 Å². The molecule has 3 aromatic rings. The van der Waals surface area contributed by atoms with E-state index in [0.717, 1.165) is 24.5 Å². The lowest BCUT2D eigenvalue weighted by molar-refractivity contribution is 0.0252. The summed E-state index contributed by atoms with van der Waals surface area (Å²) in [7, 11) is 1.68. The van der Waals surface area contributed by atoms with Crippen LogP contribution in [0.2, 0.25) is 0 Å². The van der Waals surface area contributed by atoms with E-state index in [1.54, 1.807) is 7.11 Å². The molecule has 4 rings (SSSR count). The zero-order valence-electron chi connectivity index (χ0n) is 15.7. The molecule has 0 saturated carbocycles. The average Bonchev–Trinajstić information content (AvgIpc) is 3.33. The molecule has 0 spiro atoms. The molecule has 1 aliphatic heterocycles. The van der Waals surface area contributed by atoms with Gasteiger partial charge in [0, 0.05) is 13.1 Å². The third-order valence-electron chi connectivity index (χ3n) is 4.93. The summed E-state index contributed by atoms with van der Waals surface area (Å²) in [4.78, 5) is 2.28. The van der Waals surface area contributed by atoms with Gasteiger partial charge in [-0.25, -0.2) is 4.68 Å². The van der Waals surface area contributed by atoms with Gasteiger partial charge in [-0.2, -0.15) is 0 Å². The van der Waals surface area contributed by atoms with E-state index in [1.807, 2.05) is 23.0 Å². The van der Waals surface area contributed by atoms with Crippen LogP contribution in [-0.4, -0.2) is 40.2 Å². The lowest BCUT2D eigenvalue weighted by Gasteiger charge is -2.21. The van der Waals surface area contributed by atoms with Crippen molar-refractivity contribution in [3.63, 3.8) is 0 Å². The minimum absolute atomic E-state index is 0.155. The van der Waals surface area contributed by atoms with Crippen molar-refractivity contribution in [1.29, 1.82) is 0 Å². The Hall–Kier alpha value is -2.70. The summed E-state index contributed by atoms with van der Waals surface area (Å²) in [6, 6.07) is 16.5. The summed E-state index contributed by atoms with van der Waals surface area (Å²) in [6.07, 6.45) is 1.83. The molecule has 0 radical (unpaired) electrons. The highest BCUT2D eigenvalue weighted by molar-refractivity contribution is 5.27. The fraction of sp³-hybridized carbons (Fsp3) is 0.333. The maximum absolute atomic E-state index is 5.94. The molecule has 2 aromatic carbocycles. The second kappa shape index (κ2) is 7.90. The number of methoxy groups -OCH3 is 1. The van der Waals surface area contributed by atoms with Gasteiger partial charge in [-0.05, 0) is 35.7 Å². The monoisotopic (exact) mass is 364 g/mol. The quantitative estimate of drug-likeness (QED) is 0.672. The molecule has 6 heteroatoms. The number of aryl methyl sites for hydroxylation is 1. The minimum atomic E-state index is -0.155. The Bertz CT molecular complexity index is 891. The number of hydrogen-bond acceptors (Lipinski definition) is 5. The van der Waals surface area contributed by atoms with Crippen LogP contribution in [0, 0.1) is 6.92 Å². The summed E-state index contributed by atoms with van der Waals surface area (Å²) in [6.45, 7) is 5.21. The third-order valence-corrected chi connectivity index (χ3v) is 4.93. The van der Waals surface area contributed by atoms with E-state index in [0.29, 0.717) is 13.2 Å². The van der Waals surface area contributed by atoms with Gasteiger partial charge in [-0.15, -0.1) is 5.10 Å². The summed E-state index contributed by atoms with van der Waals surface area (Å²) < 4.78 is 13.1. The molecule has 0 amide bonds. The zero-order valence-corrected chi connectivity index (χ0v) is 15.7. The Labute approximate surface area is 159 Å². The molecule has 1 saturated heterocycles. The third kappa shape index (κ3) is 4.02. The summed E-state index contributed by atoms with van der Waals surface area (Å²) >= 11 is 0. The fourth-order valence-corrected chi connectivity index (χ4v) is 3.37. The number of benzene rings is 2. The fourth-order valence-electron chi connectivity index (χ4n) is 3.37. The topological polar surface area (TPSA) is 52.4 Å². The molecule has 0 bridgehead atoms. The molecule has 27 heavy (non-hydrogen) atoms. The number of nitrogens with zero attached hydrogens (tertiary/aromatic N) is 4. The number of aromatic nitrogens is 3. The van der Waals surface area contributed by atoms with Crippen molar-refractivity contribution in [3.8, 4) is 5.75 Å². The summed E-state index contributed by atoms with van der Waals surface area (Å²) in [5.41, 5.74) is 4.58. The van der Waals surface area contributed by atoms with Crippen LogP contribution in [0.15, 0.2) is 54.7 Å². The van der Waals surface area contributed by atoms with Crippen molar-refractivity contribution in [2.24, 2.45) is 0 Å². The van der Waals surface area contributed by atoms with Crippen molar-refractivity contribution in [2.45, 2.75) is 26.2 Å². The molecule has 1 fully saturated rings. The van der Waals surface area contributed by atoms with Gasteiger partial charge in [-0.1, -0.05) is 41.6 Å². The molecule has 1 atom stereocenters. The predicted octanol–water partition coefficient (Wildman–Crippen LogP) is 3.17. The van der Waals surface area contributed by atoms with Gasteiger partial charge < -0.3 is 9.47 Å². The molecular weight excluding hydrogens is 340 g/mol. The smallest absolute Gasteiger partial charge is 0.157 e. The van der Waals surface area contributed by atoms with Crippen LogP contribution in [0.1, 0.15) is 28.6 Å². The largest absolute Gasteiger partial charge is 0.497 e. The van der Waals surface area contributed by atoms with Crippen LogP contribution in [0.4, 0.5) is 0 Å². The predicted molar refractivity (Wildman–Crippen MR) is 102 cm³/mol. The van der Waals surface area contributed by atoms with Crippen molar-refractivity contribution in [2.75, 3.05) is 20.3 Å². The molecular formula is C21H24N4O2. The van der Waals surface area contributed by atoms with Crippen molar-refractivity contribution >= 4 is 0 Å². The molecule has 140 valence electrons. The first-order valence-electron chi connectivity index (χ1n) is 9.16. The Morgan fingerprint density at radius 1 is 1.11 bits per heavy atom. The number of hydrogen-bond donors (Lipinski definition) is 0. The Morgan fingerprint density at radius 3 is 2.70 bits per heavy atom. The Balaban J connectivity index is 1.45. The lowest BCUT2D eigenvalue weighted by Crippen LogP contribution is -2.23. The summed E-state index contributed by atoms with van der Waals surface area (Å²) in [5.74, 6) is 0.868. The van der Waals surface area contributed by atoms with E-state index in [-0.39, 0.29) is 6.23 Å². The maximum Gasteiger partial charge on any atom is 0.157 e. The molecule has 1 aliphatic rings. The van der Waals surface area contributed by atoms with Crippen LogP contribution in [0.3, 0.4) is 0 Å². The Morgan fingerprint density at radius 2 is 1.93 bits per heavy atom. The van der Waals surface area contributed by atoms with E-state index in [4.69, 9.17) is 9.47 Å². The van der Waals surface area contributed by atoms with Gasteiger partial charge in [0.1, 0.15) is 11.4 Å². The van der Waals surface area contributed by atoms with Crippen molar-refractivity contribution in [3.05, 3.63) is 77.1 Å². The SMILES string of the molecule is COc1ccc(CN2CCO[C@@H]2c2cn(Cc3ccccc3C)nn2)cc1. The highest BCUT2D eigenvalue weighted by Crippen LogP contribution is 2.27. The average molecular weight is 364 g/mol. The first kappa shape index (κ1) is 17.7. The molecule has 0 N–H and O–H groups in total. The van der Waals surface area contributed by atoms with E-state index in [2.05, 4.69) is 58.5 Å². The minimum Gasteiger partial charge on any atom is -0.497 e. The highest BCUT2D eigenvalue weighted by atomic mass is 16.5. The van der Waals surface area contributed by atoms with E-state index in [1.165, 1.54) is 16.7 Å². The van der Waals surface area contributed by atoms with E-state index in [9.17, 15) is 0 Å². The van der Waals surface area contributed by atoms with Crippen LogP contribution >= 0.6 is 0 Å². The van der Waals surface area contributed by atoms with Gasteiger partial charge in [0.05, 0.1) is 26.5 Å². The highest BCUT2D eigenvalue weighted by Gasteiger charge is 2.29. The molecule has 0 unspecified atom stereocenters. The van der Waals surface area contributed by atoms with Crippen LogP contribution in [0.25, 0.3) is 0 Å². The summed E-state index contributed by atoms with van der Waals surface area (Å²) in [5, 5.41) is 8.67. The van der Waals surface area contributed by atoms with Gasteiger partial charge in [0.15, 0.2) is 6.23 Å². The van der Waals surface area contributed by atoms with E-state index < -0.39 is 0 Å².